The number of nitrogens with zero attached hydrogens (tertiary/aromatic N) is 1. The highest BCUT2D eigenvalue weighted by Crippen LogP contribution is 2.19. The highest BCUT2D eigenvalue weighted by Gasteiger charge is 2.09. The molecule has 0 atom stereocenters. The summed E-state index contributed by atoms with van der Waals surface area (Å²) in [6.07, 6.45) is 1.04. The van der Waals surface area contributed by atoms with E-state index in [1.165, 1.54) is 10.7 Å². The molecule has 0 unspecified atom stereocenters. The van der Waals surface area contributed by atoms with Gasteiger partial charge in [0, 0.05) is 30.8 Å². The van der Waals surface area contributed by atoms with Crippen LogP contribution in [0.2, 0.25) is 0 Å². The molecule has 16 heavy (non-hydrogen) atoms. The van der Waals surface area contributed by atoms with Gasteiger partial charge in [0.05, 0.1) is 10.7 Å². The van der Waals surface area contributed by atoms with Crippen LogP contribution in [0, 0.1) is 5.41 Å². The van der Waals surface area contributed by atoms with E-state index in [1.54, 1.807) is 11.3 Å². The van der Waals surface area contributed by atoms with Crippen molar-refractivity contribution in [2.24, 2.45) is 5.41 Å². The second kappa shape index (κ2) is 5.78. The van der Waals surface area contributed by atoms with Crippen LogP contribution in [0.4, 0.5) is 0 Å². The van der Waals surface area contributed by atoms with Crippen LogP contribution in [0.3, 0.4) is 0 Å². The maximum Gasteiger partial charge on any atom is 0.0953 e. The van der Waals surface area contributed by atoms with E-state index in [0.29, 0.717) is 11.3 Å². The molecule has 0 aliphatic heterocycles. The molecular weight excluding hydrogens is 216 g/mol. The minimum atomic E-state index is 0.366. The monoisotopic (exact) mass is 240 g/mol. The van der Waals surface area contributed by atoms with E-state index < -0.39 is 0 Å². The lowest BCUT2D eigenvalue weighted by atomic mass is 9.97. The first kappa shape index (κ1) is 13.7. The van der Waals surface area contributed by atoms with E-state index in [1.807, 2.05) is 0 Å². The molecule has 0 amide bonds. The van der Waals surface area contributed by atoms with Crippen molar-refractivity contribution in [1.29, 1.82) is 0 Å². The molecule has 0 aromatic carbocycles. The second-order valence-corrected chi connectivity index (χ2v) is 6.71. The lowest BCUT2D eigenvalue weighted by Gasteiger charge is -2.18. The van der Waals surface area contributed by atoms with E-state index >= 15 is 0 Å². The van der Waals surface area contributed by atoms with Crippen LogP contribution < -0.4 is 5.32 Å². The summed E-state index contributed by atoms with van der Waals surface area (Å²) in [5.74, 6) is 0.557. The predicted molar refractivity (Wildman–Crippen MR) is 72.2 cm³/mol. The Kier molecular flexibility index (Phi) is 4.93. The van der Waals surface area contributed by atoms with Crippen molar-refractivity contribution in [1.82, 2.24) is 10.3 Å². The normalized spacial score (nSPS) is 12.4. The van der Waals surface area contributed by atoms with Gasteiger partial charge in [-0.1, -0.05) is 34.6 Å². The maximum absolute atomic E-state index is 4.62. The van der Waals surface area contributed by atoms with Crippen molar-refractivity contribution in [3.05, 3.63) is 16.1 Å². The minimum Gasteiger partial charge on any atom is -0.316 e. The van der Waals surface area contributed by atoms with Crippen LogP contribution in [0.5, 0.6) is 0 Å². The average Bonchev–Trinajstić information content (AvgIpc) is 2.59. The fourth-order valence-corrected chi connectivity index (χ4v) is 2.25. The molecule has 1 rings (SSSR count). The number of hydrogen-bond donors (Lipinski definition) is 1. The van der Waals surface area contributed by atoms with E-state index in [-0.39, 0.29) is 0 Å². The SMILES string of the molecule is CC(C)c1nc(CCNCC(C)(C)C)cs1. The molecule has 0 spiro atoms. The average molecular weight is 240 g/mol. The highest BCUT2D eigenvalue weighted by molar-refractivity contribution is 7.09. The molecule has 0 radical (unpaired) electrons. The van der Waals surface area contributed by atoms with Crippen molar-refractivity contribution in [2.75, 3.05) is 13.1 Å². The second-order valence-electron chi connectivity index (χ2n) is 5.82. The van der Waals surface area contributed by atoms with E-state index in [0.717, 1.165) is 19.5 Å². The van der Waals surface area contributed by atoms with Crippen LogP contribution >= 0.6 is 11.3 Å². The molecule has 1 aromatic heterocycles. The third-order valence-corrected chi connectivity index (χ3v) is 3.47. The molecule has 2 nitrogen and oxygen atoms in total. The fourth-order valence-electron chi connectivity index (χ4n) is 1.38. The van der Waals surface area contributed by atoms with Crippen molar-refractivity contribution >= 4 is 11.3 Å². The number of rotatable bonds is 5. The van der Waals surface area contributed by atoms with Gasteiger partial charge >= 0.3 is 0 Å². The number of aromatic nitrogens is 1. The molecule has 3 heteroatoms. The summed E-state index contributed by atoms with van der Waals surface area (Å²) in [5, 5.41) is 6.92. The lowest BCUT2D eigenvalue weighted by molar-refractivity contribution is 0.381. The van der Waals surface area contributed by atoms with Gasteiger partial charge in [-0.05, 0) is 5.41 Å². The van der Waals surface area contributed by atoms with Crippen LogP contribution in [0.15, 0.2) is 5.38 Å². The van der Waals surface area contributed by atoms with Crippen LogP contribution in [0.25, 0.3) is 0 Å². The van der Waals surface area contributed by atoms with Gasteiger partial charge in [-0.15, -0.1) is 11.3 Å². The molecule has 0 bridgehead atoms. The Morgan fingerprint density at radius 1 is 1.38 bits per heavy atom. The van der Waals surface area contributed by atoms with Crippen molar-refractivity contribution in [3.8, 4) is 0 Å². The van der Waals surface area contributed by atoms with Gasteiger partial charge in [-0.3, -0.25) is 0 Å². The van der Waals surface area contributed by atoms with Crippen molar-refractivity contribution < 1.29 is 0 Å². The largest absolute Gasteiger partial charge is 0.316 e. The molecular formula is C13H24N2S. The molecule has 0 aliphatic carbocycles. The Morgan fingerprint density at radius 2 is 2.06 bits per heavy atom. The Morgan fingerprint density at radius 3 is 2.56 bits per heavy atom. The van der Waals surface area contributed by atoms with Crippen molar-refractivity contribution in [2.45, 2.75) is 47.0 Å². The third-order valence-electron chi connectivity index (χ3n) is 2.28. The summed E-state index contributed by atoms with van der Waals surface area (Å²) < 4.78 is 0. The number of thiazole rings is 1. The maximum atomic E-state index is 4.62. The molecule has 1 aromatic rings. The summed E-state index contributed by atoms with van der Waals surface area (Å²) in [6, 6.07) is 0. The van der Waals surface area contributed by atoms with Crippen LogP contribution in [0.1, 0.15) is 51.2 Å². The third kappa shape index (κ3) is 5.08. The zero-order valence-corrected chi connectivity index (χ0v) is 11.9. The Bertz CT molecular complexity index is 310. The Labute approximate surface area is 103 Å². The van der Waals surface area contributed by atoms with Gasteiger partial charge in [0.1, 0.15) is 0 Å². The molecule has 0 aliphatic rings. The molecule has 92 valence electrons. The van der Waals surface area contributed by atoms with Gasteiger partial charge in [-0.25, -0.2) is 4.98 Å². The lowest BCUT2D eigenvalue weighted by Crippen LogP contribution is -2.28. The standard InChI is InChI=1S/C13H24N2S/c1-10(2)12-15-11(8-16-12)6-7-14-9-13(3,4)5/h8,10,14H,6-7,9H2,1-5H3. The predicted octanol–water partition coefficient (Wildman–Crippen LogP) is 3.44. The minimum absolute atomic E-state index is 0.366. The number of hydrogen-bond acceptors (Lipinski definition) is 3. The molecule has 0 fully saturated rings. The first-order valence-corrected chi connectivity index (χ1v) is 6.91. The molecule has 0 saturated heterocycles. The molecule has 1 heterocycles. The quantitative estimate of drug-likeness (QED) is 0.797. The van der Waals surface area contributed by atoms with Crippen molar-refractivity contribution in [3.63, 3.8) is 0 Å². The Balaban J connectivity index is 2.27. The van der Waals surface area contributed by atoms with Gasteiger partial charge in [0.2, 0.25) is 0 Å². The summed E-state index contributed by atoms with van der Waals surface area (Å²) in [6.45, 7) is 13.2. The highest BCUT2D eigenvalue weighted by atomic mass is 32.1. The first-order chi connectivity index (χ1) is 7.38. The van der Waals surface area contributed by atoms with E-state index in [4.69, 9.17) is 0 Å². The topological polar surface area (TPSA) is 24.9 Å². The van der Waals surface area contributed by atoms with Gasteiger partial charge in [-0.2, -0.15) is 0 Å². The van der Waals surface area contributed by atoms with Crippen LogP contribution in [-0.4, -0.2) is 18.1 Å². The summed E-state index contributed by atoms with van der Waals surface area (Å²) in [4.78, 5) is 4.62. The van der Waals surface area contributed by atoms with Gasteiger partial charge in [0.25, 0.3) is 0 Å². The smallest absolute Gasteiger partial charge is 0.0953 e. The molecule has 1 N–H and O–H groups in total. The summed E-state index contributed by atoms with van der Waals surface area (Å²) in [5.41, 5.74) is 1.60. The fraction of sp³-hybridized carbons (Fsp3) is 0.769. The zero-order valence-electron chi connectivity index (χ0n) is 11.1. The number of nitrogens with one attached hydrogen (secondary N) is 1. The van der Waals surface area contributed by atoms with E-state index in [9.17, 15) is 0 Å². The molecule has 0 saturated carbocycles. The summed E-state index contributed by atoms with van der Waals surface area (Å²) in [7, 11) is 0. The summed E-state index contributed by atoms with van der Waals surface area (Å²) >= 11 is 1.78. The van der Waals surface area contributed by atoms with Gasteiger partial charge in [0.15, 0.2) is 0 Å². The zero-order chi connectivity index (χ0) is 12.2. The van der Waals surface area contributed by atoms with E-state index in [2.05, 4.69) is 50.3 Å². The van der Waals surface area contributed by atoms with Crippen LogP contribution in [-0.2, 0) is 6.42 Å². The van der Waals surface area contributed by atoms with Gasteiger partial charge < -0.3 is 5.32 Å². The Hall–Kier alpha value is -0.410. The first-order valence-electron chi connectivity index (χ1n) is 6.03.